The number of aromatic amines is 1. The molecule has 1 aliphatic rings. The molecule has 11 heteroatoms. The number of nitrogens with one attached hydrogen (secondary N) is 1. The van der Waals surface area contributed by atoms with E-state index < -0.39 is 18.2 Å². The van der Waals surface area contributed by atoms with Gasteiger partial charge >= 0.3 is 12.4 Å². The molecule has 0 atom stereocenters. The highest BCUT2D eigenvalue weighted by Crippen LogP contribution is 2.41. The van der Waals surface area contributed by atoms with E-state index in [1.54, 1.807) is 29.7 Å². The maximum atomic E-state index is 14.2. The molecule has 2 aromatic carbocycles. The molecule has 5 aromatic rings. The zero-order chi connectivity index (χ0) is 28.8. The highest BCUT2D eigenvalue weighted by molar-refractivity contribution is 5.99. The quantitative estimate of drug-likeness (QED) is 0.260. The number of imidazole rings is 1. The average Bonchev–Trinajstić information content (AvgIpc) is 3.49. The number of hydrogen-bond donors (Lipinski definition) is 1. The maximum absolute atomic E-state index is 14.2. The van der Waals surface area contributed by atoms with E-state index in [1.165, 1.54) is 18.2 Å². The summed E-state index contributed by atoms with van der Waals surface area (Å²) in [7, 11) is 0. The lowest BCUT2D eigenvalue weighted by Crippen LogP contribution is -2.05. The summed E-state index contributed by atoms with van der Waals surface area (Å²) in [5.41, 5.74) is 6.53. The summed E-state index contributed by atoms with van der Waals surface area (Å²) in [5.74, 6) is -0.474. The van der Waals surface area contributed by atoms with Crippen molar-refractivity contribution in [2.45, 2.75) is 46.3 Å². The van der Waals surface area contributed by atoms with Crippen molar-refractivity contribution in [3.8, 4) is 11.5 Å². The van der Waals surface area contributed by atoms with Gasteiger partial charge in [-0.15, -0.1) is 0 Å². The number of fused-ring (bicyclic) bond motifs is 3. The molecular weight excluding hydrogens is 537 g/mol. The largest absolute Gasteiger partial charge is 0.488 e. The lowest BCUT2D eigenvalue weighted by Gasteiger charge is -2.15. The van der Waals surface area contributed by atoms with Crippen LogP contribution in [0.2, 0.25) is 0 Å². The number of alkyl halides is 2. The van der Waals surface area contributed by atoms with Crippen molar-refractivity contribution in [3.05, 3.63) is 111 Å². The van der Waals surface area contributed by atoms with Gasteiger partial charge in [-0.05, 0) is 59.4 Å². The Labute approximate surface area is 232 Å². The van der Waals surface area contributed by atoms with Gasteiger partial charge in [-0.3, -0.25) is 9.51 Å². The fourth-order valence-corrected chi connectivity index (χ4v) is 5.29. The second-order valence-electron chi connectivity index (χ2n) is 10.1. The van der Waals surface area contributed by atoms with Crippen molar-refractivity contribution < 1.29 is 27.2 Å². The molecule has 210 valence electrons. The molecule has 1 aliphatic heterocycles. The van der Waals surface area contributed by atoms with E-state index in [4.69, 9.17) is 14.0 Å². The van der Waals surface area contributed by atoms with E-state index in [0.717, 1.165) is 33.7 Å². The molecule has 0 amide bonds. The Morgan fingerprint density at radius 3 is 2.68 bits per heavy atom. The van der Waals surface area contributed by atoms with Crippen LogP contribution in [0.5, 0.6) is 11.5 Å². The van der Waals surface area contributed by atoms with Gasteiger partial charge in [0.2, 0.25) is 0 Å². The van der Waals surface area contributed by atoms with E-state index >= 15 is 0 Å². The van der Waals surface area contributed by atoms with Crippen molar-refractivity contribution in [2.24, 2.45) is 0 Å². The topological polar surface area (TPSA) is 94.7 Å². The van der Waals surface area contributed by atoms with E-state index in [-0.39, 0.29) is 24.1 Å². The minimum absolute atomic E-state index is 0.00660. The van der Waals surface area contributed by atoms with Crippen LogP contribution in [-0.4, -0.2) is 26.1 Å². The molecular formula is C30H25F3N4O4. The number of allylic oxidation sites excluding steroid dienone is 1. The Morgan fingerprint density at radius 1 is 1.15 bits per heavy atom. The number of hydrogen-bond acceptors (Lipinski definition) is 6. The number of H-pyrrole nitrogens is 1. The number of ether oxygens (including phenoxy) is 2. The molecule has 4 heterocycles. The second-order valence-corrected chi connectivity index (χ2v) is 10.1. The van der Waals surface area contributed by atoms with Crippen LogP contribution in [0.25, 0.3) is 16.8 Å². The number of nitrogens with zero attached hydrogens (tertiary/aromatic N) is 3. The zero-order valence-electron chi connectivity index (χ0n) is 22.4. The first-order valence-electron chi connectivity index (χ1n) is 13.0. The van der Waals surface area contributed by atoms with Crippen LogP contribution in [0.15, 0.2) is 64.0 Å². The van der Waals surface area contributed by atoms with Crippen LogP contribution in [0.4, 0.5) is 13.2 Å². The fraction of sp³-hybridized carbons (Fsp3) is 0.233. The number of benzene rings is 2. The lowest BCUT2D eigenvalue weighted by molar-refractivity contribution is -0.0491. The zero-order valence-corrected chi connectivity index (χ0v) is 22.4. The maximum Gasteiger partial charge on any atom is 0.439 e. The van der Waals surface area contributed by atoms with Crippen LogP contribution in [-0.2, 0) is 13.0 Å². The minimum Gasteiger partial charge on any atom is -0.488 e. The highest BCUT2D eigenvalue weighted by atomic mass is 19.3. The van der Waals surface area contributed by atoms with Gasteiger partial charge in [-0.1, -0.05) is 37.2 Å². The first kappa shape index (κ1) is 26.4. The van der Waals surface area contributed by atoms with Crippen LogP contribution < -0.4 is 15.2 Å². The van der Waals surface area contributed by atoms with E-state index in [2.05, 4.69) is 15.1 Å². The monoisotopic (exact) mass is 562 g/mol. The molecule has 0 spiro atoms. The van der Waals surface area contributed by atoms with Crippen LogP contribution in [0.3, 0.4) is 0 Å². The van der Waals surface area contributed by atoms with Crippen LogP contribution in [0.1, 0.15) is 66.2 Å². The minimum atomic E-state index is -2.97. The molecule has 0 aliphatic carbocycles. The molecule has 0 radical (unpaired) electrons. The van der Waals surface area contributed by atoms with E-state index in [0.29, 0.717) is 29.0 Å². The highest BCUT2D eigenvalue weighted by Gasteiger charge is 2.25. The molecule has 0 saturated carbocycles. The molecule has 1 N–H and O–H groups in total. The third-order valence-corrected chi connectivity index (χ3v) is 7.08. The standard InChI is InChI=1S/C30H25F3N4O4/c1-15(2)26-22(37-10-4-5-23(28(37)34-26)40-29(32)33)12-17-6-8-20-18(11-17)14-39-24-13-19(31)7-9-21(24)25(20)16(3)27-35-30(38)41-36-27/h4-11,13,15,29H,12,14H2,1-3H3,(H,35,36,38)/b25-16-. The van der Waals surface area contributed by atoms with Crippen molar-refractivity contribution in [3.63, 3.8) is 0 Å². The molecule has 6 rings (SSSR count). The SMILES string of the molecule is C/C(=C1\c2ccc(Cc3c(C(C)C)nc4c(OC(F)F)cccn34)cc2COc2cc(F)ccc21)c1noc(=O)[nH]1. The smallest absolute Gasteiger partial charge is 0.439 e. The van der Waals surface area contributed by atoms with E-state index in [1.807, 2.05) is 32.0 Å². The Morgan fingerprint density at radius 2 is 1.95 bits per heavy atom. The van der Waals surface area contributed by atoms with Crippen molar-refractivity contribution in [2.75, 3.05) is 0 Å². The molecule has 0 fully saturated rings. The second kappa shape index (κ2) is 10.3. The first-order chi connectivity index (χ1) is 19.7. The predicted molar refractivity (Wildman–Crippen MR) is 145 cm³/mol. The van der Waals surface area contributed by atoms with Gasteiger partial charge in [-0.25, -0.2) is 14.2 Å². The third kappa shape index (κ3) is 4.88. The number of rotatable bonds is 6. The van der Waals surface area contributed by atoms with Crippen LogP contribution in [0, 0.1) is 5.82 Å². The molecule has 8 nitrogen and oxygen atoms in total. The van der Waals surface area contributed by atoms with Gasteiger partial charge in [0.25, 0.3) is 0 Å². The summed E-state index contributed by atoms with van der Waals surface area (Å²) < 4.78 is 57.6. The van der Waals surface area contributed by atoms with Gasteiger partial charge in [0.15, 0.2) is 17.2 Å². The lowest BCUT2D eigenvalue weighted by atomic mass is 9.89. The third-order valence-electron chi connectivity index (χ3n) is 7.08. The molecule has 0 bridgehead atoms. The average molecular weight is 563 g/mol. The van der Waals surface area contributed by atoms with Crippen molar-refractivity contribution in [1.82, 2.24) is 19.5 Å². The van der Waals surface area contributed by atoms with Crippen molar-refractivity contribution in [1.29, 1.82) is 0 Å². The Bertz CT molecular complexity index is 1870. The molecule has 0 unspecified atom stereocenters. The van der Waals surface area contributed by atoms with E-state index in [9.17, 15) is 18.0 Å². The van der Waals surface area contributed by atoms with Gasteiger partial charge < -0.3 is 13.9 Å². The Hall–Kier alpha value is -4.80. The van der Waals surface area contributed by atoms with Crippen LogP contribution >= 0.6 is 0 Å². The predicted octanol–water partition coefficient (Wildman–Crippen LogP) is 6.34. The summed E-state index contributed by atoms with van der Waals surface area (Å²) in [6.07, 6.45) is 2.23. The van der Waals surface area contributed by atoms with Gasteiger partial charge in [-0.2, -0.15) is 8.78 Å². The molecule has 0 saturated heterocycles. The van der Waals surface area contributed by atoms with Gasteiger partial charge in [0.1, 0.15) is 18.2 Å². The summed E-state index contributed by atoms with van der Waals surface area (Å²) >= 11 is 0. The Kier molecular flexibility index (Phi) is 6.64. The Balaban J connectivity index is 1.47. The van der Waals surface area contributed by atoms with Gasteiger partial charge in [0, 0.05) is 29.8 Å². The normalized spacial score (nSPS) is 14.1. The number of pyridine rings is 1. The summed E-state index contributed by atoms with van der Waals surface area (Å²) in [4.78, 5) is 18.9. The molecule has 3 aromatic heterocycles. The number of aromatic nitrogens is 4. The summed E-state index contributed by atoms with van der Waals surface area (Å²) in [6.45, 7) is 2.99. The summed E-state index contributed by atoms with van der Waals surface area (Å²) in [5, 5.41) is 3.85. The first-order valence-corrected chi connectivity index (χ1v) is 13.0. The van der Waals surface area contributed by atoms with Gasteiger partial charge in [0.05, 0.1) is 11.4 Å². The van der Waals surface area contributed by atoms with Crippen molar-refractivity contribution >= 4 is 16.8 Å². The number of halogens is 3. The fourth-order valence-electron chi connectivity index (χ4n) is 5.29. The molecule has 41 heavy (non-hydrogen) atoms. The summed E-state index contributed by atoms with van der Waals surface area (Å²) in [6, 6.07) is 13.4.